The highest BCUT2D eigenvalue weighted by Gasteiger charge is 2.16. The van der Waals surface area contributed by atoms with Gasteiger partial charge in [0, 0.05) is 25.8 Å². The number of aromatic nitrogens is 3. The molecule has 9 heteroatoms. The van der Waals surface area contributed by atoms with Crippen molar-refractivity contribution >= 4 is 23.2 Å². The Hall–Kier alpha value is -2.99. The molecule has 0 saturated heterocycles. The second-order valence-electron chi connectivity index (χ2n) is 8.12. The van der Waals surface area contributed by atoms with Crippen LogP contribution in [0.2, 0.25) is 0 Å². The standard InChI is InChI=1S/C23H36N4O4.CHN/c1-5-6-7-8-9-10-21(28)26-22-20-14-12-18(27(20)25-16-24-22)11-13-19(30-4)15-31-23(29)17(2)3;1-2/h12,14,16-17,19H,5-11,13,15H2,1-4H3,(H,24,25,26,28);1H. The van der Waals surface area contributed by atoms with Crippen molar-refractivity contribution in [2.75, 3.05) is 19.0 Å². The fourth-order valence-electron chi connectivity index (χ4n) is 3.28. The minimum atomic E-state index is -0.228. The molecule has 0 aliphatic rings. The third-order valence-corrected chi connectivity index (χ3v) is 5.23. The third-order valence-electron chi connectivity index (χ3n) is 5.23. The van der Waals surface area contributed by atoms with Crippen molar-refractivity contribution in [2.24, 2.45) is 5.92 Å². The highest BCUT2D eigenvalue weighted by Crippen LogP contribution is 2.18. The predicted octanol–water partition coefficient (Wildman–Crippen LogP) is 4.31. The SMILES string of the molecule is C#N.CCCCCCCC(=O)Nc1ncnn2c(CCC(COC(=O)C(C)C)OC)ccc12. The molecule has 0 fully saturated rings. The lowest BCUT2D eigenvalue weighted by Crippen LogP contribution is -2.23. The van der Waals surface area contributed by atoms with Gasteiger partial charge in [-0.05, 0) is 31.4 Å². The number of aryl methyl sites for hydroxylation is 1. The van der Waals surface area contributed by atoms with Crippen LogP contribution in [-0.4, -0.2) is 46.3 Å². The predicted molar refractivity (Wildman–Crippen MR) is 127 cm³/mol. The fourth-order valence-corrected chi connectivity index (χ4v) is 3.28. The van der Waals surface area contributed by atoms with Gasteiger partial charge in [-0.25, -0.2) is 14.8 Å². The molecule has 0 aliphatic heterocycles. The molecule has 0 saturated carbocycles. The highest BCUT2D eigenvalue weighted by molar-refractivity contribution is 5.93. The first-order chi connectivity index (χ1) is 16.0. The Bertz CT molecular complexity index is 878. The van der Waals surface area contributed by atoms with Crippen molar-refractivity contribution in [1.82, 2.24) is 14.6 Å². The first kappa shape index (κ1) is 28.0. The van der Waals surface area contributed by atoms with E-state index in [1.807, 2.05) is 12.1 Å². The minimum absolute atomic E-state index is 0.0220. The largest absolute Gasteiger partial charge is 0.463 e. The van der Waals surface area contributed by atoms with Crippen molar-refractivity contribution in [3.8, 4) is 6.57 Å². The Kier molecular flexibility index (Phi) is 13.4. The van der Waals surface area contributed by atoms with Crippen LogP contribution in [0.3, 0.4) is 0 Å². The maximum absolute atomic E-state index is 12.3. The molecule has 1 N–H and O–H groups in total. The molecule has 2 aromatic heterocycles. The summed E-state index contributed by atoms with van der Waals surface area (Å²) in [6.45, 7) is 9.51. The zero-order valence-electron chi connectivity index (χ0n) is 20.2. The van der Waals surface area contributed by atoms with Gasteiger partial charge in [0.25, 0.3) is 0 Å². The van der Waals surface area contributed by atoms with Gasteiger partial charge >= 0.3 is 5.97 Å². The number of fused-ring (bicyclic) bond motifs is 1. The molecule has 0 aromatic carbocycles. The van der Waals surface area contributed by atoms with Gasteiger partial charge in [-0.2, -0.15) is 5.10 Å². The van der Waals surface area contributed by atoms with Gasteiger partial charge < -0.3 is 14.8 Å². The zero-order chi connectivity index (χ0) is 24.6. The summed E-state index contributed by atoms with van der Waals surface area (Å²) in [6.07, 6.45) is 8.66. The second kappa shape index (κ2) is 15.8. The number of hydrogen-bond acceptors (Lipinski definition) is 7. The van der Waals surface area contributed by atoms with Crippen molar-refractivity contribution in [3.63, 3.8) is 0 Å². The lowest BCUT2D eigenvalue weighted by molar-refractivity contribution is -0.151. The van der Waals surface area contributed by atoms with Crippen LogP contribution in [0, 0.1) is 17.8 Å². The summed E-state index contributed by atoms with van der Waals surface area (Å²) < 4.78 is 12.5. The Labute approximate surface area is 196 Å². The average molecular weight is 460 g/mol. The van der Waals surface area contributed by atoms with Crippen LogP contribution >= 0.6 is 0 Å². The zero-order valence-corrected chi connectivity index (χ0v) is 20.2. The quantitative estimate of drug-likeness (QED) is 0.330. The molecule has 1 unspecified atom stereocenters. The molecular formula is C24H37N5O4. The summed E-state index contributed by atoms with van der Waals surface area (Å²) in [7, 11) is 1.61. The van der Waals surface area contributed by atoms with Gasteiger partial charge in [-0.15, -0.1) is 0 Å². The topological polar surface area (TPSA) is 119 Å². The molecule has 2 heterocycles. The number of ether oxygens (including phenoxy) is 2. The molecular weight excluding hydrogens is 422 g/mol. The minimum Gasteiger partial charge on any atom is -0.463 e. The number of carbonyl (C=O) groups excluding carboxylic acids is 2. The molecule has 0 bridgehead atoms. The normalized spacial score (nSPS) is 11.6. The van der Waals surface area contributed by atoms with Crippen molar-refractivity contribution in [1.29, 1.82) is 5.26 Å². The second-order valence-corrected chi connectivity index (χ2v) is 8.12. The van der Waals surface area contributed by atoms with Crippen LogP contribution in [0.1, 0.15) is 71.4 Å². The van der Waals surface area contributed by atoms with E-state index in [0.717, 1.165) is 24.1 Å². The lowest BCUT2D eigenvalue weighted by atomic mass is 10.1. The van der Waals surface area contributed by atoms with Crippen LogP contribution in [0.15, 0.2) is 18.5 Å². The van der Waals surface area contributed by atoms with Crippen LogP contribution in [0.4, 0.5) is 5.82 Å². The number of rotatable bonds is 14. The number of unbranched alkanes of at least 4 members (excludes halogenated alkanes) is 4. The number of hydrogen-bond donors (Lipinski definition) is 1. The number of methoxy groups -OCH3 is 1. The summed E-state index contributed by atoms with van der Waals surface area (Å²) in [5.41, 5.74) is 1.74. The van der Waals surface area contributed by atoms with Crippen LogP contribution in [0.25, 0.3) is 5.52 Å². The maximum Gasteiger partial charge on any atom is 0.308 e. The van der Waals surface area contributed by atoms with Crippen LogP contribution in [0.5, 0.6) is 0 Å². The molecule has 2 rings (SSSR count). The van der Waals surface area contributed by atoms with Crippen molar-refractivity contribution in [3.05, 3.63) is 24.2 Å². The van der Waals surface area contributed by atoms with E-state index in [1.165, 1.54) is 25.6 Å². The molecule has 1 atom stereocenters. The Morgan fingerprint density at radius 1 is 1.18 bits per heavy atom. The van der Waals surface area contributed by atoms with Gasteiger partial charge in [0.2, 0.25) is 5.91 Å². The number of nitriles is 1. The van der Waals surface area contributed by atoms with Gasteiger partial charge in [0.15, 0.2) is 5.82 Å². The summed E-state index contributed by atoms with van der Waals surface area (Å²) in [5.74, 6) is 0.114. The number of amides is 1. The van der Waals surface area contributed by atoms with Crippen LogP contribution in [-0.2, 0) is 25.5 Å². The average Bonchev–Trinajstić information content (AvgIpc) is 3.24. The Morgan fingerprint density at radius 2 is 1.91 bits per heavy atom. The molecule has 9 nitrogen and oxygen atoms in total. The van der Waals surface area contributed by atoms with Gasteiger partial charge in [0.1, 0.15) is 18.5 Å². The van der Waals surface area contributed by atoms with Crippen molar-refractivity contribution in [2.45, 2.75) is 78.2 Å². The van der Waals surface area contributed by atoms with Gasteiger partial charge in [-0.3, -0.25) is 9.59 Å². The number of nitrogens with zero attached hydrogens (tertiary/aromatic N) is 4. The lowest BCUT2D eigenvalue weighted by Gasteiger charge is -2.16. The number of anilines is 1. The Balaban J connectivity index is 0.00000265. The molecule has 0 radical (unpaired) electrons. The molecule has 0 aliphatic carbocycles. The van der Waals surface area contributed by atoms with Crippen LogP contribution < -0.4 is 5.32 Å². The summed E-state index contributed by atoms with van der Waals surface area (Å²) in [5, 5.41) is 13.7. The van der Waals surface area contributed by atoms with E-state index in [1.54, 1.807) is 25.5 Å². The third kappa shape index (κ3) is 9.58. The first-order valence-corrected chi connectivity index (χ1v) is 11.5. The Morgan fingerprint density at radius 3 is 2.58 bits per heavy atom. The highest BCUT2D eigenvalue weighted by atomic mass is 16.6. The van der Waals surface area contributed by atoms with E-state index >= 15 is 0 Å². The van der Waals surface area contributed by atoms with E-state index in [-0.39, 0.29) is 30.5 Å². The number of esters is 1. The van der Waals surface area contributed by atoms with E-state index < -0.39 is 0 Å². The van der Waals surface area contributed by atoms with Gasteiger partial charge in [-0.1, -0.05) is 46.5 Å². The number of nitrogens with one attached hydrogen (secondary N) is 1. The van der Waals surface area contributed by atoms with E-state index in [4.69, 9.17) is 14.7 Å². The van der Waals surface area contributed by atoms with Crippen molar-refractivity contribution < 1.29 is 19.1 Å². The van der Waals surface area contributed by atoms with Gasteiger partial charge in [0.05, 0.1) is 12.0 Å². The fraction of sp³-hybridized carbons (Fsp3) is 0.625. The van der Waals surface area contributed by atoms with E-state index in [2.05, 4.69) is 28.9 Å². The summed E-state index contributed by atoms with van der Waals surface area (Å²) >= 11 is 0. The number of carbonyl (C=O) groups is 2. The molecule has 2 aromatic rings. The monoisotopic (exact) mass is 459 g/mol. The smallest absolute Gasteiger partial charge is 0.308 e. The van der Waals surface area contributed by atoms with E-state index in [0.29, 0.717) is 25.1 Å². The molecule has 33 heavy (non-hydrogen) atoms. The summed E-state index contributed by atoms with van der Waals surface area (Å²) in [4.78, 5) is 28.2. The molecule has 0 spiro atoms. The molecule has 1 amide bonds. The maximum atomic E-state index is 12.3. The van der Waals surface area contributed by atoms with E-state index in [9.17, 15) is 9.59 Å². The summed E-state index contributed by atoms with van der Waals surface area (Å²) in [6, 6.07) is 3.88. The first-order valence-electron chi connectivity index (χ1n) is 11.5. The molecule has 182 valence electrons.